The number of carbonyl (C=O) groups excluding carboxylic acids is 1. The summed E-state index contributed by atoms with van der Waals surface area (Å²) in [5, 5.41) is 9.50. The number of hydrogen-bond acceptors (Lipinski definition) is 3. The first-order valence-electron chi connectivity index (χ1n) is 8.75. The Balaban J connectivity index is 0.00000225. The first kappa shape index (κ1) is 20.0. The molecule has 2 saturated heterocycles. The van der Waals surface area contributed by atoms with E-state index in [4.69, 9.17) is 4.74 Å². The lowest BCUT2D eigenvalue weighted by Gasteiger charge is -2.22. The fourth-order valence-corrected chi connectivity index (χ4v) is 3.29. The lowest BCUT2D eigenvalue weighted by molar-refractivity contribution is -0.119. The van der Waals surface area contributed by atoms with E-state index >= 15 is 0 Å². The van der Waals surface area contributed by atoms with E-state index in [1.54, 1.807) is 0 Å². The predicted molar refractivity (Wildman–Crippen MR) is 109 cm³/mol. The SMILES string of the molecule is CCNC(=NCC(=O)NCc1ccccc1)NC1CC2CCC1O2.I. The highest BCUT2D eigenvalue weighted by molar-refractivity contribution is 14.0. The van der Waals surface area contributed by atoms with Gasteiger partial charge in [-0.15, -0.1) is 24.0 Å². The highest BCUT2D eigenvalue weighted by atomic mass is 127. The van der Waals surface area contributed by atoms with Gasteiger partial charge in [-0.25, -0.2) is 4.99 Å². The maximum atomic E-state index is 12.0. The normalized spacial score (nSPS) is 24.5. The van der Waals surface area contributed by atoms with Crippen LogP contribution in [0.2, 0.25) is 0 Å². The molecule has 2 aliphatic heterocycles. The van der Waals surface area contributed by atoms with Crippen LogP contribution in [0.5, 0.6) is 0 Å². The van der Waals surface area contributed by atoms with Gasteiger partial charge in [-0.1, -0.05) is 30.3 Å². The summed E-state index contributed by atoms with van der Waals surface area (Å²) in [6, 6.07) is 10.2. The van der Waals surface area contributed by atoms with Crippen LogP contribution >= 0.6 is 24.0 Å². The Hall–Kier alpha value is -1.35. The molecule has 1 aromatic carbocycles. The number of nitrogens with zero attached hydrogens (tertiary/aromatic N) is 1. The Bertz CT molecular complexity index is 582. The highest BCUT2D eigenvalue weighted by Crippen LogP contribution is 2.34. The largest absolute Gasteiger partial charge is 0.373 e. The van der Waals surface area contributed by atoms with Gasteiger partial charge in [0, 0.05) is 13.1 Å². The number of rotatable bonds is 6. The molecule has 2 fully saturated rings. The quantitative estimate of drug-likeness (QED) is 0.345. The van der Waals surface area contributed by atoms with Gasteiger partial charge < -0.3 is 20.7 Å². The van der Waals surface area contributed by atoms with Gasteiger partial charge in [0.15, 0.2) is 5.96 Å². The third kappa shape index (κ3) is 5.85. The Kier molecular flexibility index (Phi) is 7.95. The third-order valence-corrected chi connectivity index (χ3v) is 4.49. The molecule has 3 unspecified atom stereocenters. The third-order valence-electron chi connectivity index (χ3n) is 4.49. The van der Waals surface area contributed by atoms with E-state index in [1.165, 1.54) is 6.42 Å². The summed E-state index contributed by atoms with van der Waals surface area (Å²) in [6.45, 7) is 3.42. The second-order valence-corrected chi connectivity index (χ2v) is 6.32. The van der Waals surface area contributed by atoms with Crippen LogP contribution in [0.25, 0.3) is 0 Å². The molecule has 0 aromatic heterocycles. The lowest BCUT2D eigenvalue weighted by atomic mass is 9.96. The fraction of sp³-hybridized carbons (Fsp3) is 0.556. The Morgan fingerprint density at radius 3 is 2.68 bits per heavy atom. The molecule has 1 amide bonds. The van der Waals surface area contributed by atoms with Gasteiger partial charge in [-0.2, -0.15) is 0 Å². The summed E-state index contributed by atoms with van der Waals surface area (Å²) in [5.74, 6) is 0.605. The molecule has 138 valence electrons. The maximum absolute atomic E-state index is 12.0. The maximum Gasteiger partial charge on any atom is 0.242 e. The number of benzene rings is 1. The predicted octanol–water partition coefficient (Wildman–Crippen LogP) is 1.80. The van der Waals surface area contributed by atoms with Crippen LogP contribution in [0.4, 0.5) is 0 Å². The van der Waals surface area contributed by atoms with Crippen molar-refractivity contribution in [2.24, 2.45) is 4.99 Å². The van der Waals surface area contributed by atoms with Gasteiger partial charge in [0.2, 0.25) is 5.91 Å². The van der Waals surface area contributed by atoms with Gasteiger partial charge in [0.1, 0.15) is 6.54 Å². The average Bonchev–Trinajstić information content (AvgIpc) is 3.22. The molecule has 1 aromatic rings. The zero-order valence-corrected chi connectivity index (χ0v) is 16.9. The van der Waals surface area contributed by atoms with Crippen molar-refractivity contribution < 1.29 is 9.53 Å². The van der Waals surface area contributed by atoms with Crippen molar-refractivity contribution in [3.05, 3.63) is 35.9 Å². The van der Waals surface area contributed by atoms with Crippen LogP contribution < -0.4 is 16.0 Å². The van der Waals surface area contributed by atoms with E-state index < -0.39 is 0 Å². The van der Waals surface area contributed by atoms with Crippen molar-refractivity contribution in [1.82, 2.24) is 16.0 Å². The molecule has 2 bridgehead atoms. The Labute approximate surface area is 166 Å². The molecule has 0 radical (unpaired) electrons. The van der Waals surface area contributed by atoms with Crippen molar-refractivity contribution in [2.45, 2.75) is 51.0 Å². The second-order valence-electron chi connectivity index (χ2n) is 6.32. The van der Waals surface area contributed by atoms with Crippen LogP contribution in [-0.4, -0.2) is 43.2 Å². The molecule has 7 heteroatoms. The van der Waals surface area contributed by atoms with Gasteiger partial charge >= 0.3 is 0 Å². The summed E-state index contributed by atoms with van der Waals surface area (Å²) in [4.78, 5) is 16.4. The number of carbonyl (C=O) groups is 1. The summed E-state index contributed by atoms with van der Waals surface area (Å²) >= 11 is 0. The average molecular weight is 458 g/mol. The highest BCUT2D eigenvalue weighted by Gasteiger charge is 2.41. The van der Waals surface area contributed by atoms with Crippen molar-refractivity contribution in [2.75, 3.05) is 13.1 Å². The first-order chi connectivity index (χ1) is 11.7. The molecule has 3 rings (SSSR count). The smallest absolute Gasteiger partial charge is 0.242 e. The molecule has 0 aliphatic carbocycles. The van der Waals surface area contributed by atoms with E-state index in [2.05, 4.69) is 20.9 Å². The number of nitrogens with one attached hydrogen (secondary N) is 3. The zero-order valence-electron chi connectivity index (χ0n) is 14.5. The van der Waals surface area contributed by atoms with Gasteiger partial charge in [-0.3, -0.25) is 4.79 Å². The van der Waals surface area contributed by atoms with E-state index in [0.29, 0.717) is 24.7 Å². The monoisotopic (exact) mass is 458 g/mol. The number of guanidine groups is 1. The molecule has 25 heavy (non-hydrogen) atoms. The number of hydrogen-bond donors (Lipinski definition) is 3. The minimum Gasteiger partial charge on any atom is -0.373 e. The number of halogens is 1. The Morgan fingerprint density at radius 1 is 1.24 bits per heavy atom. The van der Waals surface area contributed by atoms with E-state index in [9.17, 15) is 4.79 Å². The van der Waals surface area contributed by atoms with Crippen molar-refractivity contribution in [3.8, 4) is 0 Å². The van der Waals surface area contributed by atoms with Crippen molar-refractivity contribution in [3.63, 3.8) is 0 Å². The van der Waals surface area contributed by atoms with E-state index in [1.807, 2.05) is 37.3 Å². The zero-order chi connectivity index (χ0) is 16.8. The number of ether oxygens (including phenoxy) is 1. The first-order valence-corrected chi connectivity index (χ1v) is 8.75. The summed E-state index contributed by atoms with van der Waals surface area (Å²) in [7, 11) is 0. The molecular formula is C18H27IN4O2. The fourth-order valence-electron chi connectivity index (χ4n) is 3.29. The van der Waals surface area contributed by atoms with Crippen molar-refractivity contribution in [1.29, 1.82) is 0 Å². The molecule has 2 aliphatic rings. The van der Waals surface area contributed by atoms with Crippen LogP contribution in [0.3, 0.4) is 0 Å². The van der Waals surface area contributed by atoms with Crippen LogP contribution in [0.1, 0.15) is 31.7 Å². The lowest BCUT2D eigenvalue weighted by Crippen LogP contribution is -2.47. The molecular weight excluding hydrogens is 431 g/mol. The summed E-state index contributed by atoms with van der Waals surface area (Å²) < 4.78 is 5.85. The van der Waals surface area contributed by atoms with E-state index in [-0.39, 0.29) is 42.5 Å². The van der Waals surface area contributed by atoms with Gasteiger partial charge in [0.05, 0.1) is 18.2 Å². The summed E-state index contributed by atoms with van der Waals surface area (Å²) in [5.41, 5.74) is 1.08. The van der Waals surface area contributed by atoms with Crippen LogP contribution in [0, 0.1) is 0 Å². The number of aliphatic imine (C=N–C) groups is 1. The second kappa shape index (κ2) is 9.96. The number of fused-ring (bicyclic) bond motifs is 2. The van der Waals surface area contributed by atoms with E-state index in [0.717, 1.165) is 24.9 Å². The van der Waals surface area contributed by atoms with Crippen LogP contribution in [-0.2, 0) is 16.1 Å². The van der Waals surface area contributed by atoms with Gasteiger partial charge in [0.25, 0.3) is 0 Å². The standard InChI is InChI=1S/C18H26N4O2.HI/c1-2-19-18(22-15-10-14-8-9-16(15)24-14)21-12-17(23)20-11-13-6-4-3-5-7-13;/h3-7,14-16H,2,8-12H2,1H3,(H,20,23)(H2,19,21,22);1H. The molecule has 0 spiro atoms. The topological polar surface area (TPSA) is 74.8 Å². The minimum absolute atomic E-state index is 0. The number of amides is 1. The summed E-state index contributed by atoms with van der Waals surface area (Å²) in [6.07, 6.45) is 3.97. The van der Waals surface area contributed by atoms with Crippen LogP contribution in [0.15, 0.2) is 35.3 Å². The Morgan fingerprint density at radius 2 is 2.04 bits per heavy atom. The molecule has 3 N–H and O–H groups in total. The molecule has 3 atom stereocenters. The van der Waals surface area contributed by atoms with Crippen molar-refractivity contribution >= 4 is 35.8 Å². The minimum atomic E-state index is -0.0831. The van der Waals surface area contributed by atoms with Gasteiger partial charge in [-0.05, 0) is 31.7 Å². The molecule has 2 heterocycles. The molecule has 6 nitrogen and oxygen atoms in total. The molecule has 0 saturated carbocycles.